The van der Waals surface area contributed by atoms with Crippen LogP contribution in [0.4, 0.5) is 0 Å². The summed E-state index contributed by atoms with van der Waals surface area (Å²) in [5, 5.41) is 8.72. The number of carbonyl (C=O) groups is 1. The number of nitrogens with zero attached hydrogens (tertiary/aromatic N) is 3. The Morgan fingerprint density at radius 2 is 2.06 bits per heavy atom. The van der Waals surface area contributed by atoms with Gasteiger partial charge in [-0.05, 0) is 44.8 Å². The van der Waals surface area contributed by atoms with Crippen LogP contribution in [-0.4, -0.2) is 48.9 Å². The molecule has 4 nitrogen and oxygen atoms in total. The van der Waals surface area contributed by atoms with Gasteiger partial charge in [0, 0.05) is 24.7 Å². The Hall–Kier alpha value is -1.86. The highest BCUT2D eigenvalue weighted by Crippen LogP contribution is 2.16. The second kappa shape index (κ2) is 5.19. The van der Waals surface area contributed by atoms with Gasteiger partial charge in [-0.2, -0.15) is 5.26 Å². The van der Waals surface area contributed by atoms with Crippen molar-refractivity contribution in [3.8, 4) is 6.07 Å². The maximum atomic E-state index is 12.2. The maximum absolute atomic E-state index is 12.2. The van der Waals surface area contributed by atoms with E-state index in [0.717, 1.165) is 19.5 Å². The normalized spacial score (nSPS) is 19.0. The van der Waals surface area contributed by atoms with Crippen molar-refractivity contribution in [1.82, 2.24) is 9.80 Å². The first-order valence-corrected chi connectivity index (χ1v) is 6.07. The molecule has 2 rings (SSSR count). The number of hydrogen-bond acceptors (Lipinski definition) is 3. The summed E-state index contributed by atoms with van der Waals surface area (Å²) in [6, 6.07) is 9.33. The Balaban J connectivity index is 2.06. The Morgan fingerprint density at radius 3 is 2.56 bits per heavy atom. The largest absolute Gasteiger partial charge is 0.337 e. The quantitative estimate of drug-likeness (QED) is 0.787. The minimum Gasteiger partial charge on any atom is -0.337 e. The number of hydrogen-bond donors (Lipinski definition) is 0. The van der Waals surface area contributed by atoms with Crippen LogP contribution in [-0.2, 0) is 0 Å². The van der Waals surface area contributed by atoms with Gasteiger partial charge in [-0.15, -0.1) is 0 Å². The molecule has 4 heteroatoms. The Bertz CT molecular complexity index is 473. The molecule has 18 heavy (non-hydrogen) atoms. The van der Waals surface area contributed by atoms with Crippen LogP contribution in [0.2, 0.25) is 0 Å². The third-order valence-corrected chi connectivity index (χ3v) is 3.44. The zero-order valence-electron chi connectivity index (χ0n) is 10.8. The summed E-state index contributed by atoms with van der Waals surface area (Å²) in [5.41, 5.74) is 1.24. The van der Waals surface area contributed by atoms with E-state index in [4.69, 9.17) is 5.26 Å². The Kier molecular flexibility index (Phi) is 3.63. The molecule has 1 fully saturated rings. The fourth-order valence-electron chi connectivity index (χ4n) is 2.22. The van der Waals surface area contributed by atoms with E-state index in [0.29, 0.717) is 17.2 Å². The average Bonchev–Trinajstić information content (AvgIpc) is 2.88. The van der Waals surface area contributed by atoms with Crippen LogP contribution in [0.5, 0.6) is 0 Å². The van der Waals surface area contributed by atoms with Crippen molar-refractivity contribution in [3.05, 3.63) is 35.4 Å². The van der Waals surface area contributed by atoms with Crippen molar-refractivity contribution in [2.45, 2.75) is 12.5 Å². The van der Waals surface area contributed by atoms with Crippen molar-refractivity contribution in [3.63, 3.8) is 0 Å². The van der Waals surface area contributed by atoms with E-state index >= 15 is 0 Å². The minimum absolute atomic E-state index is 0.0591. The number of nitriles is 1. The molecule has 1 unspecified atom stereocenters. The molecule has 1 heterocycles. The van der Waals surface area contributed by atoms with Gasteiger partial charge < -0.3 is 9.80 Å². The summed E-state index contributed by atoms with van der Waals surface area (Å²) in [5.74, 6) is 0.0591. The lowest BCUT2D eigenvalue weighted by atomic mass is 10.1. The van der Waals surface area contributed by atoms with Gasteiger partial charge in [-0.3, -0.25) is 4.79 Å². The van der Waals surface area contributed by atoms with Gasteiger partial charge in [0.15, 0.2) is 0 Å². The van der Waals surface area contributed by atoms with Gasteiger partial charge in [0.05, 0.1) is 11.6 Å². The first kappa shape index (κ1) is 12.6. The van der Waals surface area contributed by atoms with Gasteiger partial charge in [-0.1, -0.05) is 0 Å². The standard InChI is InChI=1S/C14H17N3O/c1-16(2)13-7-8-17(10-13)14(18)12-5-3-11(9-15)4-6-12/h3-6,13H,7-8,10H2,1-2H3. The van der Waals surface area contributed by atoms with Crippen LogP contribution in [0.3, 0.4) is 0 Å². The molecule has 1 amide bonds. The van der Waals surface area contributed by atoms with Gasteiger partial charge in [0.1, 0.15) is 0 Å². The van der Waals surface area contributed by atoms with Gasteiger partial charge in [-0.25, -0.2) is 0 Å². The molecule has 0 saturated carbocycles. The summed E-state index contributed by atoms with van der Waals surface area (Å²) in [7, 11) is 4.08. The Morgan fingerprint density at radius 1 is 1.39 bits per heavy atom. The molecule has 1 aromatic carbocycles. The molecule has 1 atom stereocenters. The molecule has 0 bridgehead atoms. The van der Waals surface area contributed by atoms with Gasteiger partial charge in [0.25, 0.3) is 5.91 Å². The lowest BCUT2D eigenvalue weighted by Crippen LogP contribution is -2.34. The molecule has 1 aliphatic heterocycles. The highest BCUT2D eigenvalue weighted by Gasteiger charge is 2.27. The fourth-order valence-corrected chi connectivity index (χ4v) is 2.22. The zero-order chi connectivity index (χ0) is 13.1. The van der Waals surface area contributed by atoms with E-state index in [-0.39, 0.29) is 5.91 Å². The van der Waals surface area contributed by atoms with E-state index in [2.05, 4.69) is 11.0 Å². The molecular weight excluding hydrogens is 226 g/mol. The molecule has 0 spiro atoms. The fraction of sp³-hybridized carbons (Fsp3) is 0.429. The van der Waals surface area contributed by atoms with Crippen molar-refractivity contribution < 1.29 is 4.79 Å². The van der Waals surface area contributed by atoms with Gasteiger partial charge in [0.2, 0.25) is 0 Å². The topological polar surface area (TPSA) is 47.3 Å². The number of likely N-dealkylation sites (N-methyl/N-ethyl adjacent to an activating group) is 1. The lowest BCUT2D eigenvalue weighted by Gasteiger charge is -2.20. The maximum Gasteiger partial charge on any atom is 0.253 e. The number of likely N-dealkylation sites (tertiary alicyclic amines) is 1. The monoisotopic (exact) mass is 243 g/mol. The molecule has 1 saturated heterocycles. The van der Waals surface area contributed by atoms with Crippen molar-refractivity contribution >= 4 is 5.91 Å². The van der Waals surface area contributed by atoms with E-state index in [1.54, 1.807) is 24.3 Å². The van der Waals surface area contributed by atoms with Crippen molar-refractivity contribution in [2.24, 2.45) is 0 Å². The molecule has 0 aromatic heterocycles. The third-order valence-electron chi connectivity index (χ3n) is 3.44. The van der Waals surface area contributed by atoms with E-state index < -0.39 is 0 Å². The summed E-state index contributed by atoms with van der Waals surface area (Å²) in [6.07, 6.45) is 1.02. The average molecular weight is 243 g/mol. The summed E-state index contributed by atoms with van der Waals surface area (Å²) >= 11 is 0. The van der Waals surface area contributed by atoms with E-state index in [9.17, 15) is 4.79 Å². The smallest absolute Gasteiger partial charge is 0.253 e. The molecule has 0 aliphatic carbocycles. The van der Waals surface area contributed by atoms with Crippen LogP contribution in [0, 0.1) is 11.3 Å². The highest BCUT2D eigenvalue weighted by molar-refractivity contribution is 5.94. The summed E-state index contributed by atoms with van der Waals surface area (Å²) in [4.78, 5) is 16.3. The van der Waals surface area contributed by atoms with Crippen molar-refractivity contribution in [2.75, 3.05) is 27.2 Å². The predicted molar refractivity (Wildman–Crippen MR) is 69.2 cm³/mol. The van der Waals surface area contributed by atoms with Crippen LogP contribution in [0.1, 0.15) is 22.3 Å². The molecule has 0 radical (unpaired) electrons. The molecule has 0 N–H and O–H groups in total. The lowest BCUT2D eigenvalue weighted by molar-refractivity contribution is 0.0783. The number of amides is 1. The zero-order valence-corrected chi connectivity index (χ0v) is 10.8. The second-order valence-corrected chi connectivity index (χ2v) is 4.85. The first-order chi connectivity index (χ1) is 8.61. The van der Waals surface area contributed by atoms with Crippen LogP contribution < -0.4 is 0 Å². The highest BCUT2D eigenvalue weighted by atomic mass is 16.2. The van der Waals surface area contributed by atoms with Crippen LogP contribution in [0.15, 0.2) is 24.3 Å². The predicted octanol–water partition coefficient (Wildman–Crippen LogP) is 1.33. The minimum atomic E-state index is 0.0591. The first-order valence-electron chi connectivity index (χ1n) is 6.07. The second-order valence-electron chi connectivity index (χ2n) is 4.85. The number of carbonyl (C=O) groups excluding carboxylic acids is 1. The molecule has 94 valence electrons. The van der Waals surface area contributed by atoms with Crippen LogP contribution >= 0.6 is 0 Å². The number of benzene rings is 1. The summed E-state index contributed by atoms with van der Waals surface area (Å²) in [6.45, 7) is 1.59. The van der Waals surface area contributed by atoms with E-state index in [1.165, 1.54) is 0 Å². The van der Waals surface area contributed by atoms with Crippen molar-refractivity contribution in [1.29, 1.82) is 5.26 Å². The Labute approximate surface area is 107 Å². The molecule has 1 aliphatic rings. The van der Waals surface area contributed by atoms with Gasteiger partial charge >= 0.3 is 0 Å². The van der Waals surface area contributed by atoms with E-state index in [1.807, 2.05) is 19.0 Å². The van der Waals surface area contributed by atoms with Crippen LogP contribution in [0.25, 0.3) is 0 Å². The summed E-state index contributed by atoms with van der Waals surface area (Å²) < 4.78 is 0. The molecule has 1 aromatic rings. The molecular formula is C14H17N3O. The SMILES string of the molecule is CN(C)C1CCN(C(=O)c2ccc(C#N)cc2)C1. The number of rotatable bonds is 2. The third kappa shape index (κ3) is 2.52.